The van der Waals surface area contributed by atoms with Crippen molar-refractivity contribution in [1.82, 2.24) is 0 Å². The number of benzene rings is 2. The Morgan fingerprint density at radius 1 is 1.30 bits per heavy atom. The first kappa shape index (κ1) is 14.8. The van der Waals surface area contributed by atoms with Gasteiger partial charge in [0.15, 0.2) is 0 Å². The van der Waals surface area contributed by atoms with Gasteiger partial charge in [-0.15, -0.1) is 0 Å². The lowest BCUT2D eigenvalue weighted by molar-refractivity contribution is 0.414. The van der Waals surface area contributed by atoms with E-state index in [-0.39, 0.29) is 11.9 Å². The molecular weight excluding hydrogens is 323 g/mol. The number of halogens is 2. The smallest absolute Gasteiger partial charge is 0.146 e. The Balaban J connectivity index is 2.26. The number of anilines is 1. The summed E-state index contributed by atoms with van der Waals surface area (Å²) in [5, 5.41) is 3.11. The van der Waals surface area contributed by atoms with E-state index < -0.39 is 0 Å². The first-order valence-corrected chi connectivity index (χ1v) is 6.99. The van der Waals surface area contributed by atoms with Gasteiger partial charge in [-0.1, -0.05) is 28.1 Å². The van der Waals surface area contributed by atoms with Gasteiger partial charge in [0, 0.05) is 17.1 Å². The molecular formula is C15H16BrFN2O. The zero-order valence-corrected chi connectivity index (χ0v) is 12.7. The highest BCUT2D eigenvalue weighted by Crippen LogP contribution is 2.26. The fourth-order valence-electron chi connectivity index (χ4n) is 1.93. The topological polar surface area (TPSA) is 47.3 Å². The van der Waals surface area contributed by atoms with Gasteiger partial charge in [0.05, 0.1) is 18.8 Å². The maximum Gasteiger partial charge on any atom is 0.146 e. The van der Waals surface area contributed by atoms with Gasteiger partial charge in [0.2, 0.25) is 0 Å². The Morgan fingerprint density at radius 2 is 2.10 bits per heavy atom. The fourth-order valence-corrected chi connectivity index (χ4v) is 2.35. The van der Waals surface area contributed by atoms with Crippen LogP contribution in [0.1, 0.15) is 11.6 Å². The number of nitrogens with two attached hydrogens (primary N) is 1. The second kappa shape index (κ2) is 6.72. The zero-order chi connectivity index (χ0) is 14.5. The molecule has 5 heteroatoms. The third kappa shape index (κ3) is 3.49. The largest absolute Gasteiger partial charge is 0.497 e. The zero-order valence-electron chi connectivity index (χ0n) is 11.1. The van der Waals surface area contributed by atoms with Crippen LogP contribution in [-0.2, 0) is 0 Å². The van der Waals surface area contributed by atoms with Crippen molar-refractivity contribution >= 4 is 21.6 Å². The number of methoxy groups -OCH3 is 1. The van der Waals surface area contributed by atoms with Crippen molar-refractivity contribution in [1.29, 1.82) is 0 Å². The van der Waals surface area contributed by atoms with Crippen LogP contribution in [0, 0.1) is 5.82 Å². The average molecular weight is 339 g/mol. The normalized spacial score (nSPS) is 12.0. The first-order valence-electron chi connectivity index (χ1n) is 6.19. The molecule has 0 aromatic heterocycles. The minimum atomic E-state index is -0.334. The second-order valence-corrected chi connectivity index (χ2v) is 5.25. The lowest BCUT2D eigenvalue weighted by atomic mass is 10.1. The molecule has 1 unspecified atom stereocenters. The van der Waals surface area contributed by atoms with Gasteiger partial charge in [-0.2, -0.15) is 0 Å². The minimum absolute atomic E-state index is 0.172. The molecule has 0 heterocycles. The molecule has 106 valence electrons. The maximum atomic E-state index is 13.8. The predicted octanol–water partition coefficient (Wildman–Crippen LogP) is 3.71. The van der Waals surface area contributed by atoms with Crippen LogP contribution in [0.3, 0.4) is 0 Å². The van der Waals surface area contributed by atoms with Crippen LogP contribution in [0.4, 0.5) is 10.1 Å². The van der Waals surface area contributed by atoms with Gasteiger partial charge in [0.1, 0.15) is 11.6 Å². The van der Waals surface area contributed by atoms with Crippen LogP contribution in [0.25, 0.3) is 0 Å². The summed E-state index contributed by atoms with van der Waals surface area (Å²) in [6.45, 7) is 0.354. The highest BCUT2D eigenvalue weighted by atomic mass is 79.9. The van der Waals surface area contributed by atoms with Crippen molar-refractivity contribution in [2.45, 2.75) is 6.04 Å². The number of rotatable bonds is 5. The van der Waals surface area contributed by atoms with E-state index in [1.165, 1.54) is 6.07 Å². The Hall–Kier alpha value is -1.59. The van der Waals surface area contributed by atoms with Gasteiger partial charge in [-0.3, -0.25) is 0 Å². The van der Waals surface area contributed by atoms with E-state index in [2.05, 4.69) is 21.2 Å². The summed E-state index contributed by atoms with van der Waals surface area (Å²) in [6.07, 6.45) is 0. The van der Waals surface area contributed by atoms with Crippen LogP contribution >= 0.6 is 15.9 Å². The number of hydrogen-bond acceptors (Lipinski definition) is 3. The monoisotopic (exact) mass is 338 g/mol. The van der Waals surface area contributed by atoms with E-state index in [9.17, 15) is 4.39 Å². The van der Waals surface area contributed by atoms with Crippen molar-refractivity contribution in [3.63, 3.8) is 0 Å². The van der Waals surface area contributed by atoms with E-state index in [1.807, 2.05) is 24.3 Å². The molecule has 0 radical (unpaired) electrons. The summed E-state index contributed by atoms with van der Waals surface area (Å²) < 4.78 is 19.9. The average Bonchev–Trinajstić information content (AvgIpc) is 2.46. The molecule has 0 saturated carbocycles. The lowest BCUT2D eigenvalue weighted by Gasteiger charge is -2.19. The first-order chi connectivity index (χ1) is 9.63. The summed E-state index contributed by atoms with van der Waals surface area (Å²) in [4.78, 5) is 0. The molecule has 0 spiro atoms. The van der Waals surface area contributed by atoms with Crippen molar-refractivity contribution < 1.29 is 9.13 Å². The van der Waals surface area contributed by atoms with Crippen molar-refractivity contribution in [2.75, 3.05) is 19.0 Å². The maximum absolute atomic E-state index is 13.8. The Morgan fingerprint density at radius 3 is 2.75 bits per heavy atom. The highest BCUT2D eigenvalue weighted by Gasteiger charge is 2.13. The molecule has 1 atom stereocenters. The quantitative estimate of drug-likeness (QED) is 0.873. The molecule has 0 amide bonds. The lowest BCUT2D eigenvalue weighted by Crippen LogP contribution is -2.21. The summed E-state index contributed by atoms with van der Waals surface area (Å²) in [5.41, 5.74) is 7.16. The van der Waals surface area contributed by atoms with Gasteiger partial charge >= 0.3 is 0 Å². The van der Waals surface area contributed by atoms with Crippen LogP contribution in [0.15, 0.2) is 46.9 Å². The molecule has 2 aromatic carbocycles. The molecule has 3 nitrogen and oxygen atoms in total. The second-order valence-electron chi connectivity index (χ2n) is 4.33. The standard InChI is InChI=1S/C15H16BrFN2O/c1-20-12-5-6-13(17)14(8-12)19-15(9-18)10-3-2-4-11(16)7-10/h2-8,15,19H,9,18H2,1H3. The number of hydrogen-bond donors (Lipinski definition) is 2. The van der Waals surface area contributed by atoms with E-state index in [0.29, 0.717) is 18.0 Å². The Kier molecular flexibility index (Phi) is 4.98. The molecule has 0 saturated heterocycles. The number of ether oxygens (including phenoxy) is 1. The molecule has 20 heavy (non-hydrogen) atoms. The summed E-state index contributed by atoms with van der Waals surface area (Å²) in [6, 6.07) is 12.2. The van der Waals surface area contributed by atoms with E-state index in [4.69, 9.17) is 10.5 Å². The van der Waals surface area contributed by atoms with Gasteiger partial charge < -0.3 is 15.8 Å². The van der Waals surface area contributed by atoms with E-state index in [0.717, 1.165) is 10.0 Å². The van der Waals surface area contributed by atoms with Crippen molar-refractivity contribution in [3.05, 3.63) is 58.3 Å². The van der Waals surface area contributed by atoms with Crippen molar-refractivity contribution in [2.24, 2.45) is 5.73 Å². The van der Waals surface area contributed by atoms with Gasteiger partial charge in [-0.05, 0) is 29.8 Å². The SMILES string of the molecule is COc1ccc(F)c(NC(CN)c2cccc(Br)c2)c1. The van der Waals surface area contributed by atoms with E-state index >= 15 is 0 Å². The van der Waals surface area contributed by atoms with Crippen molar-refractivity contribution in [3.8, 4) is 5.75 Å². The molecule has 2 rings (SSSR count). The third-order valence-electron chi connectivity index (χ3n) is 2.99. The van der Waals surface area contributed by atoms with Crippen LogP contribution in [-0.4, -0.2) is 13.7 Å². The summed E-state index contributed by atoms with van der Waals surface area (Å²) >= 11 is 3.42. The molecule has 0 aliphatic rings. The minimum Gasteiger partial charge on any atom is -0.497 e. The van der Waals surface area contributed by atoms with E-state index in [1.54, 1.807) is 19.2 Å². The summed E-state index contributed by atoms with van der Waals surface area (Å²) in [5.74, 6) is 0.262. The molecule has 0 fully saturated rings. The molecule has 0 aliphatic carbocycles. The molecule has 0 aliphatic heterocycles. The number of nitrogens with one attached hydrogen (secondary N) is 1. The Bertz CT molecular complexity index is 592. The highest BCUT2D eigenvalue weighted by molar-refractivity contribution is 9.10. The summed E-state index contributed by atoms with van der Waals surface area (Å²) in [7, 11) is 1.55. The Labute approximate surface area is 126 Å². The molecule has 3 N–H and O–H groups in total. The fraction of sp³-hybridized carbons (Fsp3) is 0.200. The van der Waals surface area contributed by atoms with Gasteiger partial charge in [0.25, 0.3) is 0 Å². The molecule has 2 aromatic rings. The predicted molar refractivity (Wildman–Crippen MR) is 82.5 cm³/mol. The molecule has 0 bridgehead atoms. The van der Waals surface area contributed by atoms with Crippen LogP contribution in [0.5, 0.6) is 5.75 Å². The van der Waals surface area contributed by atoms with Crippen LogP contribution in [0.2, 0.25) is 0 Å². The van der Waals surface area contributed by atoms with Gasteiger partial charge in [-0.25, -0.2) is 4.39 Å². The van der Waals surface area contributed by atoms with Crippen LogP contribution < -0.4 is 15.8 Å². The third-order valence-corrected chi connectivity index (χ3v) is 3.48.